The van der Waals surface area contributed by atoms with Crippen LogP contribution >= 0.6 is 15.9 Å². The molecule has 1 aliphatic carbocycles. The van der Waals surface area contributed by atoms with E-state index in [4.69, 9.17) is 0 Å². The molecular formula is C13H16BrFN2. The first-order valence-electron chi connectivity index (χ1n) is 6.18. The van der Waals surface area contributed by atoms with Gasteiger partial charge in [0.2, 0.25) is 0 Å². The lowest BCUT2D eigenvalue weighted by Crippen LogP contribution is -2.52. The first-order chi connectivity index (χ1) is 8.25. The zero-order valence-electron chi connectivity index (χ0n) is 9.63. The second-order valence-electron chi connectivity index (χ2n) is 4.91. The molecule has 1 unspecified atom stereocenters. The molecule has 17 heavy (non-hydrogen) atoms. The summed E-state index contributed by atoms with van der Waals surface area (Å²) in [7, 11) is 0. The lowest BCUT2D eigenvalue weighted by atomic mass is 10.1. The topological polar surface area (TPSA) is 15.3 Å². The van der Waals surface area contributed by atoms with Gasteiger partial charge in [0.05, 0.1) is 5.69 Å². The van der Waals surface area contributed by atoms with Gasteiger partial charge in [-0.15, -0.1) is 0 Å². The molecule has 1 heterocycles. The van der Waals surface area contributed by atoms with Gasteiger partial charge in [-0.3, -0.25) is 0 Å². The Bertz CT molecular complexity index is 400. The minimum Gasteiger partial charge on any atom is -0.365 e. The van der Waals surface area contributed by atoms with Crippen molar-refractivity contribution in [1.82, 2.24) is 5.32 Å². The highest BCUT2D eigenvalue weighted by Gasteiger charge is 2.34. The van der Waals surface area contributed by atoms with E-state index < -0.39 is 0 Å². The molecule has 2 aliphatic rings. The van der Waals surface area contributed by atoms with Crippen LogP contribution in [0, 0.1) is 11.7 Å². The van der Waals surface area contributed by atoms with Gasteiger partial charge in [0, 0.05) is 30.1 Å². The predicted molar refractivity (Wildman–Crippen MR) is 70.8 cm³/mol. The van der Waals surface area contributed by atoms with Crippen molar-refractivity contribution in [3.05, 3.63) is 28.5 Å². The molecule has 1 atom stereocenters. The van der Waals surface area contributed by atoms with Gasteiger partial charge in [-0.2, -0.15) is 0 Å². The van der Waals surface area contributed by atoms with Gasteiger partial charge >= 0.3 is 0 Å². The summed E-state index contributed by atoms with van der Waals surface area (Å²) < 4.78 is 14.7. The van der Waals surface area contributed by atoms with E-state index in [0.717, 1.165) is 35.7 Å². The van der Waals surface area contributed by atoms with E-state index in [1.54, 1.807) is 6.07 Å². The lowest BCUT2D eigenvalue weighted by Gasteiger charge is -2.36. The molecule has 2 nitrogen and oxygen atoms in total. The minimum absolute atomic E-state index is 0.129. The quantitative estimate of drug-likeness (QED) is 0.903. The Kier molecular flexibility index (Phi) is 3.09. The molecule has 92 valence electrons. The summed E-state index contributed by atoms with van der Waals surface area (Å²) in [6.45, 7) is 2.74. The van der Waals surface area contributed by atoms with E-state index in [0.29, 0.717) is 6.04 Å². The largest absolute Gasteiger partial charge is 0.365 e. The summed E-state index contributed by atoms with van der Waals surface area (Å²) >= 11 is 3.45. The van der Waals surface area contributed by atoms with E-state index in [1.165, 1.54) is 18.9 Å². The smallest absolute Gasteiger partial charge is 0.147 e. The Morgan fingerprint density at radius 1 is 1.35 bits per heavy atom. The fourth-order valence-electron chi connectivity index (χ4n) is 2.59. The van der Waals surface area contributed by atoms with Crippen LogP contribution in [0.5, 0.6) is 0 Å². The van der Waals surface area contributed by atoms with Gasteiger partial charge in [0.15, 0.2) is 0 Å². The van der Waals surface area contributed by atoms with Crippen LogP contribution in [0.15, 0.2) is 22.7 Å². The van der Waals surface area contributed by atoms with Gasteiger partial charge in [-0.25, -0.2) is 4.39 Å². The van der Waals surface area contributed by atoms with Crippen LogP contribution in [0.1, 0.15) is 12.8 Å². The van der Waals surface area contributed by atoms with E-state index >= 15 is 0 Å². The average molecular weight is 299 g/mol. The molecular weight excluding hydrogens is 283 g/mol. The maximum absolute atomic E-state index is 13.9. The summed E-state index contributed by atoms with van der Waals surface area (Å²) in [4.78, 5) is 2.17. The van der Waals surface area contributed by atoms with Crippen molar-refractivity contribution >= 4 is 21.6 Å². The highest BCUT2D eigenvalue weighted by atomic mass is 79.9. The normalized spacial score (nSPS) is 25.1. The number of benzene rings is 1. The Hall–Kier alpha value is -0.610. The first-order valence-corrected chi connectivity index (χ1v) is 6.97. The monoisotopic (exact) mass is 298 g/mol. The maximum Gasteiger partial charge on any atom is 0.147 e. The third-order valence-electron chi connectivity index (χ3n) is 3.65. The van der Waals surface area contributed by atoms with Gasteiger partial charge in [-0.1, -0.05) is 6.07 Å². The SMILES string of the molecule is Fc1cccc(Br)c1N1CCNC(C2CC2)C1. The number of piperazine rings is 1. The average Bonchev–Trinajstić information content (AvgIpc) is 3.13. The van der Waals surface area contributed by atoms with Gasteiger partial charge < -0.3 is 10.2 Å². The number of nitrogens with one attached hydrogen (secondary N) is 1. The predicted octanol–water partition coefficient (Wildman–Crippen LogP) is 2.78. The van der Waals surface area contributed by atoms with Crippen LogP contribution in [0.3, 0.4) is 0 Å². The van der Waals surface area contributed by atoms with E-state index in [-0.39, 0.29) is 5.82 Å². The second kappa shape index (κ2) is 4.58. The molecule has 1 aliphatic heterocycles. The van der Waals surface area contributed by atoms with Crippen molar-refractivity contribution < 1.29 is 4.39 Å². The molecule has 2 fully saturated rings. The third kappa shape index (κ3) is 2.33. The number of hydrogen-bond donors (Lipinski definition) is 1. The van der Waals surface area contributed by atoms with E-state index in [2.05, 4.69) is 26.1 Å². The van der Waals surface area contributed by atoms with Crippen LogP contribution < -0.4 is 10.2 Å². The highest BCUT2D eigenvalue weighted by molar-refractivity contribution is 9.10. The fraction of sp³-hybridized carbons (Fsp3) is 0.538. The second-order valence-corrected chi connectivity index (χ2v) is 5.77. The van der Waals surface area contributed by atoms with Crippen molar-refractivity contribution in [2.24, 2.45) is 5.92 Å². The fourth-order valence-corrected chi connectivity index (χ4v) is 3.18. The molecule has 1 N–H and O–H groups in total. The molecule has 4 heteroatoms. The van der Waals surface area contributed by atoms with Crippen molar-refractivity contribution in [2.45, 2.75) is 18.9 Å². The zero-order chi connectivity index (χ0) is 11.8. The molecule has 0 radical (unpaired) electrons. The Labute approximate surface area is 109 Å². The number of hydrogen-bond acceptors (Lipinski definition) is 2. The number of anilines is 1. The van der Waals surface area contributed by atoms with Crippen molar-refractivity contribution in [3.63, 3.8) is 0 Å². The summed E-state index contributed by atoms with van der Waals surface area (Å²) in [6.07, 6.45) is 2.65. The maximum atomic E-state index is 13.9. The molecule has 1 aromatic rings. The third-order valence-corrected chi connectivity index (χ3v) is 4.29. The van der Waals surface area contributed by atoms with Crippen molar-refractivity contribution in [2.75, 3.05) is 24.5 Å². The number of halogens is 2. The lowest BCUT2D eigenvalue weighted by molar-refractivity contribution is 0.415. The number of rotatable bonds is 2. The summed E-state index contributed by atoms with van der Waals surface area (Å²) in [5, 5.41) is 3.54. The summed E-state index contributed by atoms with van der Waals surface area (Å²) in [5.41, 5.74) is 0.722. The standard InChI is InChI=1S/C13H16BrFN2/c14-10-2-1-3-11(15)13(10)17-7-6-16-12(8-17)9-4-5-9/h1-3,9,12,16H,4-8H2. The van der Waals surface area contributed by atoms with Gasteiger partial charge in [0.25, 0.3) is 0 Å². The highest BCUT2D eigenvalue weighted by Crippen LogP contribution is 2.36. The number of nitrogens with zero attached hydrogens (tertiary/aromatic N) is 1. The van der Waals surface area contributed by atoms with Gasteiger partial charge in [0.1, 0.15) is 5.82 Å². The van der Waals surface area contributed by atoms with Crippen LogP contribution in [0.25, 0.3) is 0 Å². The summed E-state index contributed by atoms with van der Waals surface area (Å²) in [5.74, 6) is 0.680. The van der Waals surface area contributed by atoms with Crippen LogP contribution in [-0.2, 0) is 0 Å². The Balaban J connectivity index is 1.82. The van der Waals surface area contributed by atoms with Crippen LogP contribution in [0.2, 0.25) is 0 Å². The minimum atomic E-state index is -0.129. The van der Waals surface area contributed by atoms with Crippen molar-refractivity contribution in [1.29, 1.82) is 0 Å². The molecule has 1 saturated heterocycles. The van der Waals surface area contributed by atoms with Crippen LogP contribution in [0.4, 0.5) is 10.1 Å². The molecule has 0 amide bonds. The molecule has 0 spiro atoms. The Morgan fingerprint density at radius 3 is 2.88 bits per heavy atom. The Morgan fingerprint density at radius 2 is 2.18 bits per heavy atom. The molecule has 1 aromatic carbocycles. The van der Waals surface area contributed by atoms with Crippen LogP contribution in [-0.4, -0.2) is 25.7 Å². The zero-order valence-corrected chi connectivity index (χ0v) is 11.2. The van der Waals surface area contributed by atoms with E-state index in [9.17, 15) is 4.39 Å². The van der Waals surface area contributed by atoms with Crippen molar-refractivity contribution in [3.8, 4) is 0 Å². The number of para-hydroxylation sites is 1. The summed E-state index contributed by atoms with van der Waals surface area (Å²) in [6, 6.07) is 5.72. The molecule has 1 saturated carbocycles. The van der Waals surface area contributed by atoms with Gasteiger partial charge in [-0.05, 0) is 46.8 Å². The van der Waals surface area contributed by atoms with E-state index in [1.807, 2.05) is 6.07 Å². The molecule has 3 rings (SSSR count). The first kappa shape index (κ1) is 11.5. The molecule has 0 bridgehead atoms. The molecule has 0 aromatic heterocycles.